The van der Waals surface area contributed by atoms with Crippen LogP contribution in [0.2, 0.25) is 0 Å². The smallest absolute Gasteiger partial charge is 0.306 e. The molecule has 9 nitrogen and oxygen atoms in total. The highest BCUT2D eigenvalue weighted by Crippen LogP contribution is 2.38. The van der Waals surface area contributed by atoms with E-state index in [0.29, 0.717) is 17.4 Å². The fourth-order valence-electron chi connectivity index (χ4n) is 10.8. The Morgan fingerprint density at radius 2 is 0.719 bits per heavy atom. The van der Waals surface area contributed by atoms with Crippen molar-refractivity contribution in [1.82, 2.24) is 5.32 Å². The molecule has 0 fully saturated rings. The highest BCUT2D eigenvalue weighted by atomic mass is 31.2. The molecular weight excluding hydrogens is 1120 g/mol. The first kappa shape index (κ1) is 85.9. The second-order valence-electron chi connectivity index (χ2n) is 26.4. The predicted molar refractivity (Wildman–Crippen MR) is 385 cm³/mol. The number of likely N-dealkylation sites (N-methyl/N-ethyl adjacent to an activating group) is 1. The summed E-state index contributed by atoms with van der Waals surface area (Å²) in [6.45, 7) is 6.74. The Balaban J connectivity index is 4.98. The Morgan fingerprint density at radius 3 is 1.09 bits per heavy atom. The molecule has 0 aliphatic rings. The molecule has 0 saturated heterocycles. The minimum absolute atomic E-state index is 0.0284. The first-order chi connectivity index (χ1) is 43.4. The van der Waals surface area contributed by atoms with Gasteiger partial charge in [-0.3, -0.25) is 14.2 Å². The SMILES string of the molecule is CC/C=C\C/C=C\C/C=C\C/C=C\C/C=C\C/C=C\CCCCCCCCC(=O)NC(COP(=O)([O-])OCC[N+](C)(C)C)C(/C=C/CCCCCCCCCCC)OC(=O)CCCCCCCCCCCCCCCCCCC/C=C/CCCCCCCC. The van der Waals surface area contributed by atoms with E-state index in [1.165, 1.54) is 186 Å². The van der Waals surface area contributed by atoms with Crippen molar-refractivity contribution in [3.63, 3.8) is 0 Å². The average Bonchev–Trinajstić information content (AvgIpc) is 3.62. The van der Waals surface area contributed by atoms with Crippen molar-refractivity contribution >= 4 is 19.7 Å². The zero-order valence-electron chi connectivity index (χ0n) is 59.1. The van der Waals surface area contributed by atoms with Gasteiger partial charge in [-0.1, -0.05) is 317 Å². The van der Waals surface area contributed by atoms with Crippen LogP contribution >= 0.6 is 7.82 Å². The molecule has 0 aromatic heterocycles. The number of hydrogen-bond acceptors (Lipinski definition) is 7. The third kappa shape index (κ3) is 69.1. The summed E-state index contributed by atoms with van der Waals surface area (Å²) in [4.78, 5) is 40.2. The summed E-state index contributed by atoms with van der Waals surface area (Å²) in [5.74, 6) is -0.551. The summed E-state index contributed by atoms with van der Waals surface area (Å²) < 4.78 is 30.5. The molecule has 1 N–H and O–H groups in total. The molecule has 516 valence electrons. The van der Waals surface area contributed by atoms with E-state index in [9.17, 15) is 19.0 Å². The highest BCUT2D eigenvalue weighted by Gasteiger charge is 2.27. The summed E-state index contributed by atoms with van der Waals surface area (Å²) in [6.07, 6.45) is 92.6. The number of esters is 1. The van der Waals surface area contributed by atoms with Gasteiger partial charge in [0.1, 0.15) is 19.3 Å². The molecule has 0 saturated carbocycles. The van der Waals surface area contributed by atoms with Gasteiger partial charge in [0.25, 0.3) is 7.82 Å². The van der Waals surface area contributed by atoms with E-state index < -0.39 is 26.6 Å². The van der Waals surface area contributed by atoms with Crippen LogP contribution in [-0.2, 0) is 27.9 Å². The van der Waals surface area contributed by atoms with Gasteiger partial charge in [-0.2, -0.15) is 0 Å². The highest BCUT2D eigenvalue weighted by molar-refractivity contribution is 7.45. The van der Waals surface area contributed by atoms with Crippen molar-refractivity contribution in [1.29, 1.82) is 0 Å². The van der Waals surface area contributed by atoms with Crippen LogP contribution in [0, 0.1) is 0 Å². The standard InChI is InChI=1S/C79H143N2O7P/c1-7-10-13-16-19-22-25-27-29-31-33-35-37-39-40-42-44-46-48-50-52-54-57-60-63-66-69-72-79(83)88-77(70-67-64-61-58-55-24-21-18-15-12-9-3)76(75-87-89(84,85)86-74-73-81(4,5)6)80-78(82)71-68-65-62-59-56-53-51-49-47-45-43-41-38-36-34-32-30-28-26-23-20-17-14-11-8-2/h11,14,20,23,27-30,34,36,41,43,47,49,67,70,76-77H,7-10,12-13,15-19,21-22,24-26,31-33,35,37-40,42,44-46,48,50-66,68-69,71-75H2,1-6H3,(H-,80,82,84,85)/b14-11-,23-20-,29-27+,30-28-,36-34-,43-41-,49-47-,70-67+. The molecule has 0 aromatic rings. The second kappa shape index (κ2) is 67.8. The fraction of sp³-hybridized carbons (Fsp3) is 0.772. The molecule has 89 heavy (non-hydrogen) atoms. The fourth-order valence-corrected chi connectivity index (χ4v) is 11.5. The van der Waals surface area contributed by atoms with Crippen LogP contribution < -0.4 is 10.2 Å². The van der Waals surface area contributed by atoms with Gasteiger partial charge in [0.05, 0.1) is 33.8 Å². The molecule has 0 radical (unpaired) electrons. The first-order valence-electron chi connectivity index (χ1n) is 37.5. The maximum absolute atomic E-state index is 13.6. The number of nitrogens with one attached hydrogen (secondary N) is 1. The maximum Gasteiger partial charge on any atom is 0.306 e. The zero-order valence-corrected chi connectivity index (χ0v) is 60.0. The summed E-state index contributed by atoms with van der Waals surface area (Å²) in [7, 11) is 1.17. The van der Waals surface area contributed by atoms with Crippen LogP contribution in [0.3, 0.4) is 0 Å². The third-order valence-electron chi connectivity index (χ3n) is 16.5. The van der Waals surface area contributed by atoms with Crippen LogP contribution in [0.5, 0.6) is 0 Å². The monoisotopic (exact) mass is 1260 g/mol. The molecule has 0 aliphatic carbocycles. The van der Waals surface area contributed by atoms with Crippen molar-refractivity contribution in [2.75, 3.05) is 40.9 Å². The molecular formula is C79H143N2O7P. The summed E-state index contributed by atoms with van der Waals surface area (Å²) in [5, 5.41) is 3.04. The number of amides is 1. The number of rotatable bonds is 68. The summed E-state index contributed by atoms with van der Waals surface area (Å²) in [6, 6.07) is -0.902. The Kier molecular flexibility index (Phi) is 65.5. The van der Waals surface area contributed by atoms with Gasteiger partial charge in [-0.25, -0.2) is 0 Å². The number of phosphoric acid groups is 1. The number of ether oxygens (including phenoxy) is 1. The number of hydrogen-bond donors (Lipinski definition) is 1. The van der Waals surface area contributed by atoms with Gasteiger partial charge in [0.15, 0.2) is 0 Å². The lowest BCUT2D eigenvalue weighted by atomic mass is 10.0. The Hall–Kier alpha value is -3.07. The van der Waals surface area contributed by atoms with Crippen molar-refractivity contribution in [2.24, 2.45) is 0 Å². The first-order valence-corrected chi connectivity index (χ1v) is 39.0. The van der Waals surface area contributed by atoms with Gasteiger partial charge in [-0.15, -0.1) is 0 Å². The van der Waals surface area contributed by atoms with Gasteiger partial charge in [0.2, 0.25) is 5.91 Å². The molecule has 0 bridgehead atoms. The predicted octanol–water partition coefficient (Wildman–Crippen LogP) is 23.6. The van der Waals surface area contributed by atoms with Crippen molar-refractivity contribution in [3.8, 4) is 0 Å². The molecule has 10 heteroatoms. The minimum atomic E-state index is -4.71. The van der Waals surface area contributed by atoms with Crippen LogP contribution in [0.4, 0.5) is 0 Å². The lowest BCUT2D eigenvalue weighted by Gasteiger charge is -2.30. The van der Waals surface area contributed by atoms with E-state index in [1.807, 2.05) is 33.3 Å². The van der Waals surface area contributed by atoms with Gasteiger partial charge in [0, 0.05) is 12.8 Å². The van der Waals surface area contributed by atoms with Gasteiger partial charge >= 0.3 is 5.97 Å². The van der Waals surface area contributed by atoms with Crippen molar-refractivity contribution in [3.05, 3.63) is 97.2 Å². The van der Waals surface area contributed by atoms with Crippen LogP contribution in [0.25, 0.3) is 0 Å². The van der Waals surface area contributed by atoms with E-state index >= 15 is 0 Å². The van der Waals surface area contributed by atoms with Gasteiger partial charge in [-0.05, 0) is 109 Å². The molecule has 3 atom stereocenters. The lowest BCUT2D eigenvalue weighted by Crippen LogP contribution is -2.47. The molecule has 0 aliphatic heterocycles. The summed E-state index contributed by atoms with van der Waals surface area (Å²) in [5.41, 5.74) is 0. The van der Waals surface area contributed by atoms with Gasteiger partial charge < -0.3 is 28.5 Å². The number of unbranched alkanes of at least 4 members (excludes halogenated alkanes) is 38. The molecule has 0 aromatic carbocycles. The molecule has 0 heterocycles. The molecule has 3 unspecified atom stereocenters. The average molecular weight is 1260 g/mol. The number of carbonyl (C=O) groups excluding carboxylic acids is 2. The number of nitrogens with zero attached hydrogens (tertiary/aromatic N) is 1. The van der Waals surface area contributed by atoms with E-state index in [-0.39, 0.29) is 24.9 Å². The zero-order chi connectivity index (χ0) is 64.9. The summed E-state index contributed by atoms with van der Waals surface area (Å²) >= 11 is 0. The Morgan fingerprint density at radius 1 is 0.404 bits per heavy atom. The normalized spacial score (nSPS) is 14.0. The van der Waals surface area contributed by atoms with Crippen molar-refractivity contribution < 1.29 is 37.3 Å². The molecule has 1 amide bonds. The van der Waals surface area contributed by atoms with Crippen LogP contribution in [-0.4, -0.2) is 69.4 Å². The molecule has 0 spiro atoms. The minimum Gasteiger partial charge on any atom is -0.756 e. The van der Waals surface area contributed by atoms with Crippen molar-refractivity contribution in [2.45, 2.75) is 354 Å². The Labute approximate surface area is 551 Å². The van der Waals surface area contributed by atoms with E-state index in [4.69, 9.17) is 13.8 Å². The largest absolute Gasteiger partial charge is 0.756 e. The second-order valence-corrected chi connectivity index (χ2v) is 27.8. The topological polar surface area (TPSA) is 114 Å². The number of carbonyl (C=O) groups is 2. The lowest BCUT2D eigenvalue weighted by molar-refractivity contribution is -0.870. The van der Waals surface area contributed by atoms with E-state index in [2.05, 4.69) is 111 Å². The quantitative estimate of drug-likeness (QED) is 0.0212. The number of quaternary nitrogens is 1. The van der Waals surface area contributed by atoms with Crippen LogP contribution in [0.1, 0.15) is 342 Å². The maximum atomic E-state index is 13.6. The van der Waals surface area contributed by atoms with Crippen LogP contribution in [0.15, 0.2) is 97.2 Å². The molecule has 0 rings (SSSR count). The Bertz CT molecular complexity index is 1840. The number of phosphoric ester groups is 1. The number of allylic oxidation sites excluding steroid dienone is 15. The van der Waals surface area contributed by atoms with E-state index in [0.717, 1.165) is 122 Å². The van der Waals surface area contributed by atoms with E-state index in [1.54, 1.807) is 0 Å². The third-order valence-corrected chi connectivity index (χ3v) is 17.5.